The largest absolute Gasteiger partial charge is 0.453 e. The number of thiophene rings is 1. The summed E-state index contributed by atoms with van der Waals surface area (Å²) in [6.45, 7) is 0. The smallest absolute Gasteiger partial charge is 0.159 e. The van der Waals surface area contributed by atoms with Crippen LogP contribution >= 0.6 is 11.3 Å². The summed E-state index contributed by atoms with van der Waals surface area (Å²) in [5, 5.41) is 7.05. The maximum Gasteiger partial charge on any atom is 0.159 e. The van der Waals surface area contributed by atoms with Crippen LogP contribution in [0.25, 0.3) is 86.3 Å². The van der Waals surface area contributed by atoms with E-state index in [4.69, 9.17) is 4.42 Å². The van der Waals surface area contributed by atoms with Crippen molar-refractivity contribution in [3.05, 3.63) is 271 Å². The van der Waals surface area contributed by atoms with Gasteiger partial charge in [-0.25, -0.2) is 0 Å². The highest BCUT2D eigenvalue weighted by atomic mass is 32.1. The number of fused-ring (bicyclic) bond motifs is 11. The van der Waals surface area contributed by atoms with Crippen molar-refractivity contribution in [1.82, 2.24) is 0 Å². The Labute approximate surface area is 398 Å². The molecule has 1 aliphatic carbocycles. The second-order valence-electron chi connectivity index (χ2n) is 17.9. The minimum atomic E-state index is -0.550. The fourth-order valence-electron chi connectivity index (χ4n) is 11.5. The van der Waals surface area contributed by atoms with Crippen molar-refractivity contribution in [2.45, 2.75) is 5.41 Å². The van der Waals surface area contributed by atoms with E-state index in [9.17, 15) is 0 Å². The molecular weight excluding hydrogens is 843 g/mol. The fourth-order valence-corrected chi connectivity index (χ4v) is 12.7. The normalized spacial score (nSPS) is 12.8. The SMILES string of the molecule is c1ccc(C2(c3ccccc3)c3ccccc3-c3cccc(-c4cccc(N(c5cccc(-c6cccc7c6sc6ccccc67)c5)c5cccc6c5oc5c7ccccc7ccc65)c4)c32)cc1. The van der Waals surface area contributed by atoms with Crippen molar-refractivity contribution in [1.29, 1.82) is 0 Å². The first kappa shape index (κ1) is 38.7. The first-order valence-electron chi connectivity index (χ1n) is 23.3. The van der Waals surface area contributed by atoms with Crippen LogP contribution in [0, 0.1) is 0 Å². The van der Waals surface area contributed by atoms with Crippen molar-refractivity contribution in [2.24, 2.45) is 0 Å². The standard InChI is InChI=1S/C65H41NOS/c1-3-21-45(22-4-1)65(46-23-5-2-6-24-46)58-35-11-9-28-52(58)54-32-15-30-49(61(54)65)43-19-13-25-47(40-43)66(59-36-17-33-55-56-39-38-42-18-7-8-27-50(42)62(56)67-63(55)59)48-26-14-20-44(41-48)51-31-16-34-57-53-29-10-12-37-60(53)68-64(51)57/h1-41H. The number of hydrogen-bond donors (Lipinski definition) is 0. The molecule has 0 saturated heterocycles. The van der Waals surface area contributed by atoms with Crippen molar-refractivity contribution in [3.63, 3.8) is 0 Å². The quantitative estimate of drug-likeness (QED) is 0.159. The van der Waals surface area contributed by atoms with E-state index in [2.05, 4.69) is 254 Å². The van der Waals surface area contributed by atoms with Gasteiger partial charge >= 0.3 is 0 Å². The Kier molecular flexibility index (Phi) is 8.71. The van der Waals surface area contributed by atoms with E-state index in [0.29, 0.717) is 0 Å². The van der Waals surface area contributed by atoms with Gasteiger partial charge in [0.2, 0.25) is 0 Å². The highest BCUT2D eigenvalue weighted by Crippen LogP contribution is 2.59. The summed E-state index contributed by atoms with van der Waals surface area (Å²) in [6.07, 6.45) is 0. The average Bonchev–Trinajstić information content (AvgIpc) is 4.09. The van der Waals surface area contributed by atoms with Gasteiger partial charge in [-0.15, -0.1) is 11.3 Å². The van der Waals surface area contributed by atoms with Gasteiger partial charge in [0.1, 0.15) is 5.58 Å². The molecule has 2 heterocycles. The van der Waals surface area contributed by atoms with Crippen molar-refractivity contribution in [2.75, 3.05) is 4.90 Å². The van der Waals surface area contributed by atoms with E-state index in [0.717, 1.165) is 60.9 Å². The number of rotatable bonds is 7. The van der Waals surface area contributed by atoms with Crippen molar-refractivity contribution >= 4 is 81.3 Å². The Bertz CT molecular complexity index is 4070. The van der Waals surface area contributed by atoms with Crippen LogP contribution in [0.3, 0.4) is 0 Å². The molecule has 0 aliphatic heterocycles. The summed E-state index contributed by atoms with van der Waals surface area (Å²) in [6, 6.07) is 91.3. The molecule has 13 aromatic rings. The lowest BCUT2D eigenvalue weighted by atomic mass is 9.66. The van der Waals surface area contributed by atoms with Crippen LogP contribution < -0.4 is 4.90 Å². The van der Waals surface area contributed by atoms with E-state index in [-0.39, 0.29) is 0 Å². The third kappa shape index (κ3) is 5.70. The van der Waals surface area contributed by atoms with E-state index < -0.39 is 5.41 Å². The first-order valence-corrected chi connectivity index (χ1v) is 24.1. The van der Waals surface area contributed by atoms with Gasteiger partial charge in [-0.1, -0.05) is 206 Å². The maximum absolute atomic E-state index is 7.12. The molecule has 1 aliphatic rings. The Balaban J connectivity index is 1.02. The van der Waals surface area contributed by atoms with Crippen LogP contribution in [0.1, 0.15) is 22.3 Å². The second kappa shape index (κ2) is 15.3. The van der Waals surface area contributed by atoms with E-state index >= 15 is 0 Å². The van der Waals surface area contributed by atoms with Crippen LogP contribution in [0.2, 0.25) is 0 Å². The number of anilines is 3. The zero-order chi connectivity index (χ0) is 44.8. The molecule has 0 unspecified atom stereocenters. The molecule has 0 spiro atoms. The van der Waals surface area contributed by atoms with Crippen molar-refractivity contribution in [3.8, 4) is 33.4 Å². The van der Waals surface area contributed by atoms with Gasteiger partial charge < -0.3 is 9.32 Å². The van der Waals surface area contributed by atoms with Gasteiger partial charge in [0.05, 0.1) is 11.1 Å². The third-order valence-electron chi connectivity index (χ3n) is 14.3. The molecule has 3 heteroatoms. The molecule has 0 atom stereocenters. The Morgan fingerprint density at radius 3 is 1.72 bits per heavy atom. The summed E-state index contributed by atoms with van der Waals surface area (Å²) < 4.78 is 9.72. The molecule has 11 aromatic carbocycles. The van der Waals surface area contributed by atoms with Gasteiger partial charge in [-0.3, -0.25) is 0 Å². The maximum atomic E-state index is 7.12. The van der Waals surface area contributed by atoms with Gasteiger partial charge in [0, 0.05) is 47.7 Å². The molecule has 2 nitrogen and oxygen atoms in total. The van der Waals surface area contributed by atoms with E-state index in [1.54, 1.807) is 0 Å². The zero-order valence-electron chi connectivity index (χ0n) is 36.9. The van der Waals surface area contributed by atoms with Crippen LogP contribution in [0.5, 0.6) is 0 Å². The molecule has 0 amide bonds. The summed E-state index contributed by atoms with van der Waals surface area (Å²) in [7, 11) is 0. The zero-order valence-corrected chi connectivity index (χ0v) is 37.8. The molecule has 2 aromatic heterocycles. The van der Waals surface area contributed by atoms with Crippen LogP contribution in [-0.2, 0) is 5.41 Å². The van der Waals surface area contributed by atoms with Gasteiger partial charge in [0.15, 0.2) is 5.58 Å². The third-order valence-corrected chi connectivity index (χ3v) is 15.5. The average molecular weight is 884 g/mol. The Morgan fingerprint density at radius 2 is 0.926 bits per heavy atom. The summed E-state index contributed by atoms with van der Waals surface area (Å²) in [5.74, 6) is 0. The number of para-hydroxylation sites is 1. The molecule has 14 rings (SSSR count). The van der Waals surface area contributed by atoms with E-state index in [1.165, 1.54) is 64.7 Å². The number of hydrogen-bond acceptors (Lipinski definition) is 3. The lowest BCUT2D eigenvalue weighted by molar-refractivity contribution is 0.673. The van der Waals surface area contributed by atoms with Crippen LogP contribution in [0.4, 0.5) is 17.1 Å². The highest BCUT2D eigenvalue weighted by Gasteiger charge is 2.47. The summed E-state index contributed by atoms with van der Waals surface area (Å²) in [5.41, 5.74) is 16.6. The Morgan fingerprint density at radius 1 is 0.368 bits per heavy atom. The van der Waals surface area contributed by atoms with Crippen LogP contribution in [-0.4, -0.2) is 0 Å². The molecule has 0 radical (unpaired) electrons. The number of benzene rings is 11. The second-order valence-corrected chi connectivity index (χ2v) is 18.9. The summed E-state index contributed by atoms with van der Waals surface area (Å²) in [4.78, 5) is 2.41. The minimum absolute atomic E-state index is 0.550. The number of furan rings is 1. The predicted molar refractivity (Wildman–Crippen MR) is 287 cm³/mol. The summed E-state index contributed by atoms with van der Waals surface area (Å²) >= 11 is 1.87. The molecular formula is C65H41NOS. The fraction of sp³-hybridized carbons (Fsp3) is 0.0154. The lowest BCUT2D eigenvalue weighted by Crippen LogP contribution is -2.29. The predicted octanol–water partition coefficient (Wildman–Crippen LogP) is 18.3. The highest BCUT2D eigenvalue weighted by molar-refractivity contribution is 7.26. The molecule has 318 valence electrons. The van der Waals surface area contributed by atoms with E-state index in [1.807, 2.05) is 11.3 Å². The lowest BCUT2D eigenvalue weighted by Gasteiger charge is -2.35. The first-order chi connectivity index (χ1) is 33.7. The molecule has 0 fully saturated rings. The molecule has 68 heavy (non-hydrogen) atoms. The monoisotopic (exact) mass is 883 g/mol. The molecule has 0 N–H and O–H groups in total. The minimum Gasteiger partial charge on any atom is -0.453 e. The van der Waals surface area contributed by atoms with Crippen molar-refractivity contribution < 1.29 is 4.42 Å². The van der Waals surface area contributed by atoms with Gasteiger partial charge in [-0.05, 0) is 103 Å². The van der Waals surface area contributed by atoms with Gasteiger partial charge in [-0.2, -0.15) is 0 Å². The van der Waals surface area contributed by atoms with Crippen LogP contribution in [0.15, 0.2) is 253 Å². The number of nitrogens with zero attached hydrogens (tertiary/aromatic N) is 1. The molecule has 0 saturated carbocycles. The molecule has 0 bridgehead atoms. The Hall–Kier alpha value is -8.50. The van der Waals surface area contributed by atoms with Gasteiger partial charge in [0.25, 0.3) is 0 Å². The topological polar surface area (TPSA) is 16.4 Å².